The second-order valence-corrected chi connectivity index (χ2v) is 4.66. The molecule has 2 N–H and O–H groups in total. The van der Waals surface area contributed by atoms with Crippen LogP contribution >= 0.6 is 11.6 Å². The maximum absolute atomic E-state index is 5.86. The summed E-state index contributed by atoms with van der Waals surface area (Å²) in [7, 11) is 0. The zero-order valence-corrected chi connectivity index (χ0v) is 11.4. The number of aromatic nitrogens is 2. The Hall–Kier alpha value is -1.59. The van der Waals surface area contributed by atoms with Gasteiger partial charge in [0.2, 0.25) is 0 Å². The van der Waals surface area contributed by atoms with Crippen LogP contribution in [-0.2, 0) is 13.0 Å². The van der Waals surface area contributed by atoms with Crippen molar-refractivity contribution in [3.63, 3.8) is 0 Å². The second-order valence-electron chi connectivity index (χ2n) is 4.22. The molecule has 0 spiro atoms. The summed E-state index contributed by atoms with van der Waals surface area (Å²) >= 11 is 5.86. The molecule has 0 saturated heterocycles. The second kappa shape index (κ2) is 6.54. The Balaban J connectivity index is 1.90. The molecule has 102 valence electrons. The summed E-state index contributed by atoms with van der Waals surface area (Å²) < 4.78 is 10.6. The highest BCUT2D eigenvalue weighted by molar-refractivity contribution is 6.30. The predicted molar refractivity (Wildman–Crippen MR) is 72.1 cm³/mol. The molecule has 1 atom stereocenters. The van der Waals surface area contributed by atoms with Crippen LogP contribution in [-0.4, -0.2) is 16.2 Å². The molecule has 0 radical (unpaired) electrons. The highest BCUT2D eigenvalue weighted by atomic mass is 35.5. The highest BCUT2D eigenvalue weighted by Gasteiger charge is 2.10. The van der Waals surface area contributed by atoms with Crippen LogP contribution < -0.4 is 10.5 Å². The molecule has 6 heteroatoms. The van der Waals surface area contributed by atoms with Gasteiger partial charge in [-0.15, -0.1) is 0 Å². The molecule has 0 saturated carbocycles. The van der Waals surface area contributed by atoms with Crippen LogP contribution in [0.25, 0.3) is 0 Å². The van der Waals surface area contributed by atoms with E-state index in [-0.39, 0.29) is 12.6 Å². The van der Waals surface area contributed by atoms with Gasteiger partial charge in [0.05, 0.1) is 0 Å². The summed E-state index contributed by atoms with van der Waals surface area (Å²) in [6.45, 7) is 2.24. The van der Waals surface area contributed by atoms with E-state index in [0.717, 1.165) is 6.42 Å². The van der Waals surface area contributed by atoms with Crippen molar-refractivity contribution >= 4 is 11.6 Å². The van der Waals surface area contributed by atoms with E-state index < -0.39 is 0 Å². The van der Waals surface area contributed by atoms with Crippen molar-refractivity contribution in [3.05, 3.63) is 41.0 Å². The van der Waals surface area contributed by atoms with Crippen LogP contribution in [0.2, 0.25) is 5.02 Å². The van der Waals surface area contributed by atoms with Crippen molar-refractivity contribution in [3.8, 4) is 5.75 Å². The van der Waals surface area contributed by atoms with Crippen LogP contribution in [0, 0.1) is 0 Å². The van der Waals surface area contributed by atoms with Gasteiger partial charge in [-0.1, -0.05) is 29.7 Å². The number of hydrogen-bond acceptors (Lipinski definition) is 5. The number of rotatable bonds is 6. The minimum absolute atomic E-state index is 0.0549. The molecule has 0 aliphatic carbocycles. The number of benzene rings is 1. The van der Waals surface area contributed by atoms with Gasteiger partial charge in [-0.25, -0.2) is 0 Å². The average Bonchev–Trinajstić information content (AvgIpc) is 2.84. The smallest absolute Gasteiger partial charge is 0.264 e. The number of halogens is 1. The number of nitrogens with two attached hydrogens (primary N) is 1. The summed E-state index contributed by atoms with van der Waals surface area (Å²) in [5, 5.41) is 4.48. The van der Waals surface area contributed by atoms with Crippen molar-refractivity contribution in [1.29, 1.82) is 0 Å². The zero-order valence-electron chi connectivity index (χ0n) is 10.7. The maximum atomic E-state index is 5.86. The molecule has 2 aromatic rings. The Morgan fingerprint density at radius 3 is 3.05 bits per heavy atom. The molecule has 0 fully saturated rings. The molecule has 0 amide bonds. The van der Waals surface area contributed by atoms with Crippen LogP contribution in [0.5, 0.6) is 5.75 Å². The number of hydrogen-bond donors (Lipinski definition) is 1. The largest absolute Gasteiger partial charge is 0.484 e. The molecule has 0 aliphatic rings. The molecule has 5 nitrogen and oxygen atoms in total. The van der Waals surface area contributed by atoms with E-state index in [1.165, 1.54) is 0 Å². The normalized spacial score (nSPS) is 12.4. The number of nitrogens with zero attached hydrogens (tertiary/aromatic N) is 2. The lowest BCUT2D eigenvalue weighted by Gasteiger charge is -2.03. The minimum Gasteiger partial charge on any atom is -0.484 e. The van der Waals surface area contributed by atoms with E-state index in [4.69, 9.17) is 26.6 Å². The third-order valence-electron chi connectivity index (χ3n) is 2.64. The van der Waals surface area contributed by atoms with Gasteiger partial charge in [0.15, 0.2) is 12.4 Å². The molecular weight excluding hydrogens is 266 g/mol. The molecule has 1 aromatic heterocycles. The summed E-state index contributed by atoms with van der Waals surface area (Å²) in [5.74, 6) is 1.70. The summed E-state index contributed by atoms with van der Waals surface area (Å²) in [6, 6.07) is 7.20. The first-order chi connectivity index (χ1) is 9.17. The monoisotopic (exact) mass is 281 g/mol. The molecule has 19 heavy (non-hydrogen) atoms. The SMILES string of the molecule is CCC(N)Cc1noc(COc2cccc(Cl)c2)n1. The molecule has 0 aliphatic heterocycles. The van der Waals surface area contributed by atoms with Gasteiger partial charge < -0.3 is 15.0 Å². The van der Waals surface area contributed by atoms with E-state index in [1.807, 2.05) is 19.1 Å². The van der Waals surface area contributed by atoms with Crippen LogP contribution in [0.4, 0.5) is 0 Å². The van der Waals surface area contributed by atoms with Crippen molar-refractivity contribution in [2.24, 2.45) is 5.73 Å². The van der Waals surface area contributed by atoms with Gasteiger partial charge in [-0.2, -0.15) is 4.98 Å². The molecule has 2 rings (SSSR count). The zero-order chi connectivity index (χ0) is 13.7. The highest BCUT2D eigenvalue weighted by Crippen LogP contribution is 2.18. The van der Waals surface area contributed by atoms with Crippen LogP contribution in [0.1, 0.15) is 25.1 Å². The topological polar surface area (TPSA) is 74.2 Å². The van der Waals surface area contributed by atoms with E-state index in [9.17, 15) is 0 Å². The summed E-state index contributed by atoms with van der Waals surface area (Å²) in [6.07, 6.45) is 1.49. The Labute approximate surface area is 116 Å². The first-order valence-electron chi connectivity index (χ1n) is 6.12. The van der Waals surface area contributed by atoms with Crippen LogP contribution in [0.15, 0.2) is 28.8 Å². The quantitative estimate of drug-likeness (QED) is 0.881. The van der Waals surface area contributed by atoms with Crippen LogP contribution in [0.3, 0.4) is 0 Å². The number of ether oxygens (including phenoxy) is 1. The van der Waals surface area contributed by atoms with Gasteiger partial charge in [-0.05, 0) is 24.6 Å². The van der Waals surface area contributed by atoms with E-state index in [0.29, 0.717) is 28.9 Å². The molecule has 0 bridgehead atoms. The standard InChI is InChI=1S/C13H16ClN3O2/c1-2-10(15)7-12-16-13(19-17-12)8-18-11-5-3-4-9(14)6-11/h3-6,10H,2,7-8,15H2,1H3. The van der Waals surface area contributed by atoms with E-state index in [2.05, 4.69) is 10.1 Å². The lowest BCUT2D eigenvalue weighted by molar-refractivity contribution is 0.242. The summed E-state index contributed by atoms with van der Waals surface area (Å²) in [4.78, 5) is 4.22. The fourth-order valence-electron chi connectivity index (χ4n) is 1.51. The van der Waals surface area contributed by atoms with Crippen molar-refractivity contribution < 1.29 is 9.26 Å². The van der Waals surface area contributed by atoms with Crippen molar-refractivity contribution in [1.82, 2.24) is 10.1 Å². The van der Waals surface area contributed by atoms with Gasteiger partial charge in [0, 0.05) is 17.5 Å². The molecule has 1 unspecified atom stereocenters. The third-order valence-corrected chi connectivity index (χ3v) is 2.87. The first-order valence-corrected chi connectivity index (χ1v) is 6.50. The van der Waals surface area contributed by atoms with E-state index >= 15 is 0 Å². The Morgan fingerprint density at radius 1 is 1.47 bits per heavy atom. The maximum Gasteiger partial charge on any atom is 0.264 e. The fourth-order valence-corrected chi connectivity index (χ4v) is 1.69. The minimum atomic E-state index is 0.0549. The Kier molecular flexibility index (Phi) is 4.76. The molecule has 1 heterocycles. The van der Waals surface area contributed by atoms with Crippen molar-refractivity contribution in [2.75, 3.05) is 0 Å². The first kappa shape index (κ1) is 13.8. The Morgan fingerprint density at radius 2 is 2.32 bits per heavy atom. The predicted octanol–water partition coefficient (Wildman–Crippen LogP) is 2.58. The lowest BCUT2D eigenvalue weighted by atomic mass is 10.2. The van der Waals surface area contributed by atoms with Gasteiger partial charge in [-0.3, -0.25) is 0 Å². The van der Waals surface area contributed by atoms with Crippen molar-refractivity contribution in [2.45, 2.75) is 32.4 Å². The Bertz CT molecular complexity index is 530. The van der Waals surface area contributed by atoms with Gasteiger partial charge >= 0.3 is 0 Å². The van der Waals surface area contributed by atoms with E-state index in [1.54, 1.807) is 12.1 Å². The summed E-state index contributed by atoms with van der Waals surface area (Å²) in [5.41, 5.74) is 5.83. The lowest BCUT2D eigenvalue weighted by Crippen LogP contribution is -2.22. The molecule has 1 aromatic carbocycles. The molecular formula is C13H16ClN3O2. The average molecular weight is 282 g/mol. The third kappa shape index (κ3) is 4.22. The van der Waals surface area contributed by atoms with Gasteiger partial charge in [0.1, 0.15) is 5.75 Å². The van der Waals surface area contributed by atoms with Gasteiger partial charge in [0.25, 0.3) is 5.89 Å². The fraction of sp³-hybridized carbons (Fsp3) is 0.385.